The average Bonchev–Trinajstić information content (AvgIpc) is 2.26. The van der Waals surface area contributed by atoms with Gasteiger partial charge < -0.3 is 15.2 Å². The summed E-state index contributed by atoms with van der Waals surface area (Å²) in [7, 11) is 1.50. The van der Waals surface area contributed by atoms with E-state index in [9.17, 15) is 9.59 Å². The van der Waals surface area contributed by atoms with E-state index in [1.54, 1.807) is 0 Å². The summed E-state index contributed by atoms with van der Waals surface area (Å²) in [6.07, 6.45) is 1.55. The number of carbonyl (C=O) groups is 2. The number of rotatable bonds is 5. The summed E-state index contributed by atoms with van der Waals surface area (Å²) in [6.45, 7) is 0.322. The molecule has 0 atom stereocenters. The first-order valence-corrected chi connectivity index (χ1v) is 4.61. The van der Waals surface area contributed by atoms with Crippen LogP contribution < -0.4 is 5.32 Å². The van der Waals surface area contributed by atoms with Crippen molar-refractivity contribution >= 4 is 17.6 Å². The number of aromatic carboxylic acids is 1. The average molecular weight is 224 g/mol. The molecule has 0 aliphatic carbocycles. The molecule has 1 aromatic rings. The summed E-state index contributed by atoms with van der Waals surface area (Å²) in [6, 6.07) is 2.82. The van der Waals surface area contributed by atoms with Gasteiger partial charge in [-0.1, -0.05) is 0 Å². The van der Waals surface area contributed by atoms with E-state index in [-0.39, 0.29) is 18.0 Å². The van der Waals surface area contributed by atoms with Crippen LogP contribution in [0, 0.1) is 0 Å². The molecule has 0 fully saturated rings. The molecule has 0 bridgehead atoms. The number of hydrogen-bond donors (Lipinski definition) is 2. The fourth-order valence-corrected chi connectivity index (χ4v) is 1.04. The molecule has 1 amide bonds. The van der Waals surface area contributed by atoms with E-state index in [0.29, 0.717) is 12.3 Å². The Balaban J connectivity index is 2.63. The van der Waals surface area contributed by atoms with Crippen LogP contribution in [0.15, 0.2) is 18.3 Å². The van der Waals surface area contributed by atoms with Gasteiger partial charge in [-0.25, -0.2) is 9.78 Å². The smallest absolute Gasteiger partial charge is 0.354 e. The van der Waals surface area contributed by atoms with Crippen LogP contribution in [0.1, 0.15) is 16.9 Å². The summed E-state index contributed by atoms with van der Waals surface area (Å²) < 4.78 is 4.74. The number of carbonyl (C=O) groups excluding carboxylic acids is 1. The normalized spacial score (nSPS) is 9.81. The zero-order chi connectivity index (χ0) is 12.0. The molecular formula is C10H12N2O4. The van der Waals surface area contributed by atoms with Gasteiger partial charge in [-0.05, 0) is 12.1 Å². The van der Waals surface area contributed by atoms with Gasteiger partial charge in [0.05, 0.1) is 13.0 Å². The largest absolute Gasteiger partial charge is 0.477 e. The van der Waals surface area contributed by atoms with Crippen molar-refractivity contribution in [1.29, 1.82) is 0 Å². The fourth-order valence-electron chi connectivity index (χ4n) is 1.04. The molecule has 0 aliphatic heterocycles. The fraction of sp³-hybridized carbons (Fsp3) is 0.300. The third kappa shape index (κ3) is 3.66. The summed E-state index contributed by atoms with van der Waals surface area (Å²) in [4.78, 5) is 25.5. The van der Waals surface area contributed by atoms with Gasteiger partial charge in [0.2, 0.25) is 5.91 Å². The minimum Gasteiger partial charge on any atom is -0.477 e. The highest BCUT2D eigenvalue weighted by atomic mass is 16.5. The minimum atomic E-state index is -1.13. The van der Waals surface area contributed by atoms with Crippen molar-refractivity contribution in [3.05, 3.63) is 24.0 Å². The van der Waals surface area contributed by atoms with Gasteiger partial charge in [-0.2, -0.15) is 0 Å². The molecular weight excluding hydrogens is 212 g/mol. The van der Waals surface area contributed by atoms with Crippen molar-refractivity contribution in [2.45, 2.75) is 6.42 Å². The Bertz CT molecular complexity index is 392. The lowest BCUT2D eigenvalue weighted by atomic mass is 10.3. The van der Waals surface area contributed by atoms with Crippen LogP contribution in [0.2, 0.25) is 0 Å². The van der Waals surface area contributed by atoms with Crippen LogP contribution in [0.3, 0.4) is 0 Å². The monoisotopic (exact) mass is 224 g/mol. The molecule has 0 aromatic carbocycles. The molecule has 1 aromatic heterocycles. The van der Waals surface area contributed by atoms with Crippen LogP contribution in [-0.2, 0) is 9.53 Å². The molecule has 0 radical (unpaired) electrons. The van der Waals surface area contributed by atoms with Gasteiger partial charge in [0.25, 0.3) is 0 Å². The number of nitrogens with one attached hydrogen (secondary N) is 1. The molecule has 6 nitrogen and oxygen atoms in total. The molecule has 1 heterocycles. The highest BCUT2D eigenvalue weighted by Crippen LogP contribution is 2.08. The first kappa shape index (κ1) is 12.1. The highest BCUT2D eigenvalue weighted by molar-refractivity contribution is 5.92. The lowest BCUT2D eigenvalue weighted by molar-refractivity contribution is -0.117. The van der Waals surface area contributed by atoms with Crippen molar-refractivity contribution in [1.82, 2.24) is 4.98 Å². The van der Waals surface area contributed by atoms with E-state index >= 15 is 0 Å². The van der Waals surface area contributed by atoms with Gasteiger partial charge in [-0.15, -0.1) is 0 Å². The maximum absolute atomic E-state index is 11.3. The standard InChI is InChI=1S/C10H12N2O4/c1-16-5-3-9(13)12-7-2-4-11-8(6-7)10(14)15/h2,4,6H,3,5H2,1H3,(H,14,15)(H,11,12,13). The van der Waals surface area contributed by atoms with Crippen LogP contribution in [0.25, 0.3) is 0 Å². The number of ether oxygens (including phenoxy) is 1. The van der Waals surface area contributed by atoms with E-state index in [4.69, 9.17) is 9.84 Å². The molecule has 86 valence electrons. The Morgan fingerprint density at radius 1 is 1.56 bits per heavy atom. The number of nitrogens with zero attached hydrogens (tertiary/aromatic N) is 1. The number of hydrogen-bond acceptors (Lipinski definition) is 4. The van der Waals surface area contributed by atoms with E-state index in [1.807, 2.05) is 0 Å². The van der Waals surface area contributed by atoms with E-state index in [2.05, 4.69) is 10.3 Å². The molecule has 16 heavy (non-hydrogen) atoms. The highest BCUT2D eigenvalue weighted by Gasteiger charge is 2.07. The van der Waals surface area contributed by atoms with Crippen LogP contribution >= 0.6 is 0 Å². The zero-order valence-corrected chi connectivity index (χ0v) is 8.77. The number of carboxylic acid groups (broad SMARTS) is 1. The van der Waals surface area contributed by atoms with Gasteiger partial charge in [0.1, 0.15) is 5.69 Å². The maximum Gasteiger partial charge on any atom is 0.354 e. The predicted molar refractivity (Wildman–Crippen MR) is 56.3 cm³/mol. The number of amides is 1. The van der Waals surface area contributed by atoms with Crippen molar-refractivity contribution in [3.63, 3.8) is 0 Å². The first-order chi connectivity index (χ1) is 7.63. The first-order valence-electron chi connectivity index (χ1n) is 4.61. The number of aromatic nitrogens is 1. The molecule has 0 spiro atoms. The topological polar surface area (TPSA) is 88.5 Å². The maximum atomic E-state index is 11.3. The lowest BCUT2D eigenvalue weighted by Crippen LogP contribution is -2.14. The van der Waals surface area contributed by atoms with Crippen LogP contribution in [-0.4, -0.2) is 35.7 Å². The Labute approximate surface area is 92.3 Å². The van der Waals surface area contributed by atoms with Crippen molar-refractivity contribution in [2.24, 2.45) is 0 Å². The molecule has 0 aliphatic rings. The zero-order valence-electron chi connectivity index (χ0n) is 8.77. The van der Waals surface area contributed by atoms with Gasteiger partial charge in [-0.3, -0.25) is 4.79 Å². The predicted octanol–water partition coefficient (Wildman–Crippen LogP) is 0.755. The van der Waals surface area contributed by atoms with Crippen molar-refractivity contribution in [2.75, 3.05) is 19.0 Å². The lowest BCUT2D eigenvalue weighted by Gasteiger charge is -2.04. The van der Waals surface area contributed by atoms with E-state index in [1.165, 1.54) is 25.4 Å². The molecule has 2 N–H and O–H groups in total. The second-order valence-electron chi connectivity index (χ2n) is 3.03. The minimum absolute atomic E-state index is 0.107. The Hall–Kier alpha value is -1.95. The number of methoxy groups -OCH3 is 1. The third-order valence-corrected chi connectivity index (χ3v) is 1.80. The van der Waals surface area contributed by atoms with Crippen molar-refractivity contribution in [3.8, 4) is 0 Å². The molecule has 1 rings (SSSR count). The second kappa shape index (κ2) is 5.82. The van der Waals surface area contributed by atoms with Crippen molar-refractivity contribution < 1.29 is 19.4 Å². The molecule has 0 saturated carbocycles. The SMILES string of the molecule is COCCC(=O)Nc1ccnc(C(=O)O)c1. The molecule has 0 unspecified atom stereocenters. The Morgan fingerprint density at radius 2 is 2.31 bits per heavy atom. The number of carboxylic acids is 1. The van der Waals surface area contributed by atoms with Gasteiger partial charge >= 0.3 is 5.97 Å². The molecule has 6 heteroatoms. The Kier molecular flexibility index (Phi) is 4.41. The van der Waals surface area contributed by atoms with Crippen LogP contribution in [0.4, 0.5) is 5.69 Å². The van der Waals surface area contributed by atoms with Crippen LogP contribution in [0.5, 0.6) is 0 Å². The Morgan fingerprint density at radius 3 is 2.94 bits per heavy atom. The summed E-state index contributed by atoms with van der Waals surface area (Å²) in [5.41, 5.74) is 0.304. The van der Waals surface area contributed by atoms with E-state index < -0.39 is 5.97 Å². The quantitative estimate of drug-likeness (QED) is 0.770. The third-order valence-electron chi connectivity index (χ3n) is 1.80. The van der Waals surface area contributed by atoms with Gasteiger partial charge in [0.15, 0.2) is 0 Å². The second-order valence-corrected chi connectivity index (χ2v) is 3.03. The number of anilines is 1. The van der Waals surface area contributed by atoms with Gasteiger partial charge in [0, 0.05) is 19.0 Å². The summed E-state index contributed by atoms with van der Waals surface area (Å²) in [5, 5.41) is 11.2. The molecule has 0 saturated heterocycles. The summed E-state index contributed by atoms with van der Waals surface area (Å²) in [5.74, 6) is -1.36. The van der Waals surface area contributed by atoms with E-state index in [0.717, 1.165) is 0 Å². The number of pyridine rings is 1. The summed E-state index contributed by atoms with van der Waals surface area (Å²) >= 11 is 0.